The van der Waals surface area contributed by atoms with Crippen molar-refractivity contribution in [2.75, 3.05) is 0 Å². The Hall–Kier alpha value is 0.150. The first-order valence-electron chi connectivity index (χ1n) is 5.21. The molecule has 1 nitrogen and oxygen atoms in total. The highest BCUT2D eigenvalue weighted by atomic mass is 32.2. The summed E-state index contributed by atoms with van der Waals surface area (Å²) in [5.74, 6) is 0.766. The van der Waals surface area contributed by atoms with Crippen molar-refractivity contribution in [2.24, 2.45) is 5.92 Å². The molecular weight excluding hydrogens is 180 g/mol. The maximum atomic E-state index is 12.1. The topological polar surface area (TPSA) is 17.1 Å². The van der Waals surface area contributed by atoms with Crippen molar-refractivity contribution in [1.82, 2.24) is 0 Å². The van der Waals surface area contributed by atoms with Gasteiger partial charge >= 0.3 is 0 Å². The normalized spacial score (nSPS) is 37.3. The number of rotatable bonds is 1. The SMILES string of the molecule is CCC1CC(C)(C)S(=O)C(C)(C)C1. The van der Waals surface area contributed by atoms with Crippen LogP contribution in [0.25, 0.3) is 0 Å². The molecule has 1 saturated heterocycles. The Bertz CT molecular complexity index is 198. The minimum Gasteiger partial charge on any atom is -0.258 e. The molecule has 1 aliphatic rings. The summed E-state index contributed by atoms with van der Waals surface area (Å²) < 4.78 is 12.2. The molecule has 0 N–H and O–H groups in total. The average molecular weight is 202 g/mol. The molecule has 0 amide bonds. The van der Waals surface area contributed by atoms with Gasteiger partial charge in [-0.2, -0.15) is 0 Å². The predicted molar refractivity (Wildman–Crippen MR) is 59.3 cm³/mol. The van der Waals surface area contributed by atoms with Crippen LogP contribution in [0.1, 0.15) is 53.9 Å². The smallest absolute Gasteiger partial charge is 0.0411 e. The summed E-state index contributed by atoms with van der Waals surface area (Å²) in [4.78, 5) is 0. The highest BCUT2D eigenvalue weighted by Gasteiger charge is 2.44. The highest BCUT2D eigenvalue weighted by Crippen LogP contribution is 2.42. The summed E-state index contributed by atoms with van der Waals surface area (Å²) in [7, 11) is -0.683. The van der Waals surface area contributed by atoms with Gasteiger partial charge in [0.25, 0.3) is 0 Å². The first kappa shape index (κ1) is 11.2. The molecule has 0 bridgehead atoms. The number of hydrogen-bond donors (Lipinski definition) is 0. The Morgan fingerprint density at radius 1 is 1.15 bits per heavy atom. The first-order chi connectivity index (χ1) is 5.79. The fourth-order valence-electron chi connectivity index (χ4n) is 2.65. The van der Waals surface area contributed by atoms with Gasteiger partial charge in [0.05, 0.1) is 0 Å². The molecule has 0 saturated carbocycles. The van der Waals surface area contributed by atoms with Crippen LogP contribution < -0.4 is 0 Å². The van der Waals surface area contributed by atoms with Crippen molar-refractivity contribution >= 4 is 10.8 Å². The third kappa shape index (κ3) is 2.15. The maximum absolute atomic E-state index is 12.1. The average Bonchev–Trinajstić information content (AvgIpc) is 1.99. The molecule has 1 heterocycles. The lowest BCUT2D eigenvalue weighted by atomic mass is 9.86. The van der Waals surface area contributed by atoms with E-state index < -0.39 is 10.8 Å². The molecule has 78 valence electrons. The summed E-state index contributed by atoms with van der Waals surface area (Å²) >= 11 is 0. The lowest BCUT2D eigenvalue weighted by Gasteiger charge is -2.43. The van der Waals surface area contributed by atoms with Crippen LogP contribution in [0, 0.1) is 5.92 Å². The van der Waals surface area contributed by atoms with Crippen molar-refractivity contribution in [1.29, 1.82) is 0 Å². The zero-order chi connectivity index (χ0) is 10.3. The molecule has 0 unspecified atom stereocenters. The monoisotopic (exact) mass is 202 g/mol. The van der Waals surface area contributed by atoms with E-state index in [4.69, 9.17) is 0 Å². The standard InChI is InChI=1S/C11H22OS/c1-6-9-7-10(2,3)13(12)11(4,5)8-9/h9H,6-8H2,1-5H3. The van der Waals surface area contributed by atoms with Gasteiger partial charge in [0.2, 0.25) is 0 Å². The molecule has 0 radical (unpaired) electrons. The van der Waals surface area contributed by atoms with E-state index in [0.29, 0.717) is 0 Å². The van der Waals surface area contributed by atoms with Crippen LogP contribution in [-0.2, 0) is 10.8 Å². The van der Waals surface area contributed by atoms with Gasteiger partial charge < -0.3 is 0 Å². The largest absolute Gasteiger partial charge is 0.258 e. The first-order valence-corrected chi connectivity index (χ1v) is 6.36. The van der Waals surface area contributed by atoms with Crippen molar-refractivity contribution in [3.8, 4) is 0 Å². The molecule has 0 aromatic heterocycles. The second-order valence-corrected chi connectivity index (χ2v) is 8.22. The van der Waals surface area contributed by atoms with Gasteiger partial charge in [-0.3, -0.25) is 4.21 Å². The fourth-order valence-corrected chi connectivity index (χ4v) is 4.92. The molecule has 1 aliphatic heterocycles. The second kappa shape index (κ2) is 3.38. The van der Waals surface area contributed by atoms with E-state index in [0.717, 1.165) is 18.8 Å². The third-order valence-corrected chi connectivity index (χ3v) is 5.48. The Balaban J connectivity index is 2.88. The molecular formula is C11H22OS. The van der Waals surface area contributed by atoms with Crippen LogP contribution in [0.2, 0.25) is 0 Å². The second-order valence-electron chi connectivity index (χ2n) is 5.47. The molecule has 2 heteroatoms. The van der Waals surface area contributed by atoms with E-state index in [-0.39, 0.29) is 9.49 Å². The van der Waals surface area contributed by atoms with Crippen molar-refractivity contribution in [3.05, 3.63) is 0 Å². The van der Waals surface area contributed by atoms with E-state index >= 15 is 0 Å². The maximum Gasteiger partial charge on any atom is 0.0411 e. The summed E-state index contributed by atoms with van der Waals surface area (Å²) in [5, 5.41) is 0. The van der Waals surface area contributed by atoms with Gasteiger partial charge in [0.1, 0.15) is 0 Å². The van der Waals surface area contributed by atoms with E-state index in [1.165, 1.54) is 6.42 Å². The lowest BCUT2D eigenvalue weighted by Crippen LogP contribution is -2.47. The molecule has 0 spiro atoms. The summed E-state index contributed by atoms with van der Waals surface area (Å²) in [6.45, 7) is 10.8. The summed E-state index contributed by atoms with van der Waals surface area (Å²) in [6, 6.07) is 0. The van der Waals surface area contributed by atoms with E-state index in [2.05, 4.69) is 34.6 Å². The minimum absolute atomic E-state index is 0.0163. The molecule has 1 fully saturated rings. The molecule has 0 atom stereocenters. The lowest BCUT2D eigenvalue weighted by molar-refractivity contribution is 0.326. The van der Waals surface area contributed by atoms with E-state index in [1.807, 2.05) is 0 Å². The van der Waals surface area contributed by atoms with Crippen molar-refractivity contribution in [3.63, 3.8) is 0 Å². The van der Waals surface area contributed by atoms with Gasteiger partial charge in [-0.05, 0) is 46.5 Å². The van der Waals surface area contributed by atoms with Crippen LogP contribution in [-0.4, -0.2) is 13.7 Å². The molecule has 0 aliphatic carbocycles. The van der Waals surface area contributed by atoms with Gasteiger partial charge in [0, 0.05) is 20.3 Å². The van der Waals surface area contributed by atoms with Gasteiger partial charge in [-0.25, -0.2) is 0 Å². The Morgan fingerprint density at radius 2 is 1.54 bits per heavy atom. The van der Waals surface area contributed by atoms with Gasteiger partial charge in [-0.15, -0.1) is 0 Å². The van der Waals surface area contributed by atoms with Crippen LogP contribution in [0.3, 0.4) is 0 Å². The van der Waals surface area contributed by atoms with Crippen LogP contribution in [0.4, 0.5) is 0 Å². The van der Waals surface area contributed by atoms with Crippen LogP contribution in [0.15, 0.2) is 0 Å². The zero-order valence-electron chi connectivity index (χ0n) is 9.52. The minimum atomic E-state index is -0.683. The quantitative estimate of drug-likeness (QED) is 0.638. The molecule has 13 heavy (non-hydrogen) atoms. The Morgan fingerprint density at radius 3 is 1.85 bits per heavy atom. The van der Waals surface area contributed by atoms with Gasteiger partial charge in [-0.1, -0.05) is 13.3 Å². The molecule has 0 aromatic carbocycles. The van der Waals surface area contributed by atoms with Crippen LogP contribution in [0.5, 0.6) is 0 Å². The van der Waals surface area contributed by atoms with Crippen molar-refractivity contribution < 1.29 is 4.21 Å². The Kier molecular flexibility index (Phi) is 2.92. The summed E-state index contributed by atoms with van der Waals surface area (Å²) in [5.41, 5.74) is 0. The molecule has 1 rings (SSSR count). The van der Waals surface area contributed by atoms with Crippen LogP contribution >= 0.6 is 0 Å². The highest BCUT2D eigenvalue weighted by molar-refractivity contribution is 7.87. The fraction of sp³-hybridized carbons (Fsp3) is 1.00. The molecule has 0 aromatic rings. The predicted octanol–water partition coefficient (Wildman–Crippen LogP) is 3.11. The Labute approximate surface area is 84.8 Å². The van der Waals surface area contributed by atoms with Crippen molar-refractivity contribution in [2.45, 2.75) is 63.4 Å². The van der Waals surface area contributed by atoms with E-state index in [9.17, 15) is 4.21 Å². The van der Waals surface area contributed by atoms with Gasteiger partial charge in [0.15, 0.2) is 0 Å². The zero-order valence-corrected chi connectivity index (χ0v) is 10.3. The third-order valence-electron chi connectivity index (χ3n) is 3.14. The number of hydrogen-bond acceptors (Lipinski definition) is 1. The van der Waals surface area contributed by atoms with E-state index in [1.54, 1.807) is 0 Å². The summed E-state index contributed by atoms with van der Waals surface area (Å²) in [6.07, 6.45) is 3.48.